The first-order valence-electron chi connectivity index (χ1n) is 7.00. The predicted molar refractivity (Wildman–Crippen MR) is 69.4 cm³/mol. The van der Waals surface area contributed by atoms with Crippen LogP contribution in [0.2, 0.25) is 0 Å². The smallest absolute Gasteiger partial charge is 0.224 e. The Labute approximate surface area is 105 Å². The van der Waals surface area contributed by atoms with Crippen LogP contribution in [0.25, 0.3) is 0 Å². The fourth-order valence-electron chi connectivity index (χ4n) is 2.52. The molecule has 0 aromatic heterocycles. The minimum absolute atomic E-state index is 0.251. The second-order valence-corrected chi connectivity index (χ2v) is 6.47. The van der Waals surface area contributed by atoms with Gasteiger partial charge < -0.3 is 11.1 Å². The van der Waals surface area contributed by atoms with Gasteiger partial charge in [0.15, 0.2) is 0 Å². The fraction of sp³-hybridized carbons (Fsp3) is 0.929. The Bertz CT molecular complexity index is 283. The third-order valence-electron chi connectivity index (χ3n) is 4.67. The summed E-state index contributed by atoms with van der Waals surface area (Å²) in [6.45, 7) is 6.82. The van der Waals surface area contributed by atoms with Crippen LogP contribution < -0.4 is 11.1 Å². The number of rotatable bonds is 6. The molecular formula is C14H26N2O. The zero-order valence-corrected chi connectivity index (χ0v) is 11.3. The molecule has 0 spiro atoms. The van der Waals surface area contributed by atoms with Crippen LogP contribution in [0.5, 0.6) is 0 Å². The largest absolute Gasteiger partial charge is 0.349 e. The molecule has 1 amide bonds. The number of carbonyl (C=O) groups excluding carboxylic acids is 1. The molecule has 17 heavy (non-hydrogen) atoms. The number of nitrogens with one attached hydrogen (secondary N) is 1. The molecule has 1 atom stereocenters. The SMILES string of the molecule is CC(C)C(C)(CN)NC(=O)C(C1CC1)C1CC1. The monoisotopic (exact) mass is 238 g/mol. The lowest BCUT2D eigenvalue weighted by molar-refractivity contribution is -0.128. The van der Waals surface area contributed by atoms with Crippen molar-refractivity contribution in [2.45, 2.75) is 52.0 Å². The van der Waals surface area contributed by atoms with Gasteiger partial charge in [-0.05, 0) is 50.4 Å². The first-order valence-corrected chi connectivity index (χ1v) is 7.00. The lowest BCUT2D eigenvalue weighted by atomic mass is 9.86. The molecule has 0 saturated heterocycles. The molecule has 98 valence electrons. The Morgan fingerprint density at radius 3 is 2.06 bits per heavy atom. The van der Waals surface area contributed by atoms with Crippen molar-refractivity contribution in [2.24, 2.45) is 29.4 Å². The summed E-state index contributed by atoms with van der Waals surface area (Å²) in [5, 5.41) is 3.22. The summed E-state index contributed by atoms with van der Waals surface area (Å²) in [7, 11) is 0. The predicted octanol–water partition coefficient (Wildman–Crippen LogP) is 1.91. The van der Waals surface area contributed by atoms with Gasteiger partial charge in [0.25, 0.3) is 0 Å². The molecule has 2 rings (SSSR count). The van der Waals surface area contributed by atoms with Crippen molar-refractivity contribution in [3.63, 3.8) is 0 Å². The molecule has 0 bridgehead atoms. The standard InChI is InChI=1S/C14H26N2O/c1-9(2)14(3,8-15)16-13(17)12(10-4-5-10)11-6-7-11/h9-12H,4-8,15H2,1-3H3,(H,16,17). The summed E-state index contributed by atoms with van der Waals surface area (Å²) in [4.78, 5) is 12.4. The Hall–Kier alpha value is -0.570. The maximum Gasteiger partial charge on any atom is 0.224 e. The van der Waals surface area contributed by atoms with E-state index >= 15 is 0 Å². The van der Waals surface area contributed by atoms with Crippen molar-refractivity contribution in [1.29, 1.82) is 0 Å². The van der Waals surface area contributed by atoms with Crippen molar-refractivity contribution in [3.8, 4) is 0 Å². The number of amides is 1. The van der Waals surface area contributed by atoms with E-state index in [-0.39, 0.29) is 17.4 Å². The van der Waals surface area contributed by atoms with Crippen LogP contribution in [0.1, 0.15) is 46.5 Å². The van der Waals surface area contributed by atoms with E-state index in [0.29, 0.717) is 24.3 Å². The molecule has 0 heterocycles. The van der Waals surface area contributed by atoms with E-state index < -0.39 is 0 Å². The average molecular weight is 238 g/mol. The van der Waals surface area contributed by atoms with E-state index in [1.54, 1.807) is 0 Å². The molecule has 2 saturated carbocycles. The molecule has 2 aliphatic rings. The van der Waals surface area contributed by atoms with Gasteiger partial charge in [-0.25, -0.2) is 0 Å². The molecule has 1 unspecified atom stereocenters. The molecular weight excluding hydrogens is 212 g/mol. The van der Waals surface area contributed by atoms with Crippen LogP contribution in [0.3, 0.4) is 0 Å². The fourth-order valence-corrected chi connectivity index (χ4v) is 2.52. The van der Waals surface area contributed by atoms with Gasteiger partial charge in [0, 0.05) is 12.5 Å². The second-order valence-electron chi connectivity index (χ2n) is 6.47. The highest BCUT2D eigenvalue weighted by Gasteiger charge is 2.46. The highest BCUT2D eigenvalue weighted by atomic mass is 16.2. The van der Waals surface area contributed by atoms with E-state index in [0.717, 1.165) is 0 Å². The third-order valence-corrected chi connectivity index (χ3v) is 4.67. The van der Waals surface area contributed by atoms with Gasteiger partial charge >= 0.3 is 0 Å². The van der Waals surface area contributed by atoms with Crippen LogP contribution in [-0.4, -0.2) is 18.0 Å². The summed E-state index contributed by atoms with van der Waals surface area (Å²) in [5.74, 6) is 2.24. The van der Waals surface area contributed by atoms with Crippen LogP contribution >= 0.6 is 0 Å². The molecule has 2 aliphatic carbocycles. The Morgan fingerprint density at radius 2 is 1.76 bits per heavy atom. The van der Waals surface area contributed by atoms with Crippen LogP contribution in [0, 0.1) is 23.7 Å². The van der Waals surface area contributed by atoms with E-state index in [2.05, 4.69) is 26.1 Å². The van der Waals surface area contributed by atoms with Crippen LogP contribution in [0.15, 0.2) is 0 Å². The van der Waals surface area contributed by atoms with Crippen molar-refractivity contribution < 1.29 is 4.79 Å². The van der Waals surface area contributed by atoms with E-state index in [1.807, 2.05) is 0 Å². The Balaban J connectivity index is 1.98. The summed E-state index contributed by atoms with van der Waals surface area (Å²) >= 11 is 0. The molecule has 0 aromatic carbocycles. The summed E-state index contributed by atoms with van der Waals surface area (Å²) in [6.07, 6.45) is 4.98. The minimum Gasteiger partial charge on any atom is -0.349 e. The lowest BCUT2D eigenvalue weighted by Gasteiger charge is -2.35. The average Bonchev–Trinajstić information content (AvgIpc) is 3.10. The van der Waals surface area contributed by atoms with Gasteiger partial charge in [0.1, 0.15) is 0 Å². The summed E-state index contributed by atoms with van der Waals surface area (Å²) < 4.78 is 0. The lowest BCUT2D eigenvalue weighted by Crippen LogP contribution is -2.56. The second kappa shape index (κ2) is 4.60. The number of carbonyl (C=O) groups is 1. The molecule has 2 fully saturated rings. The van der Waals surface area contributed by atoms with Crippen LogP contribution in [0.4, 0.5) is 0 Å². The molecule has 0 radical (unpaired) electrons. The van der Waals surface area contributed by atoms with Gasteiger partial charge in [0.2, 0.25) is 5.91 Å². The zero-order valence-electron chi connectivity index (χ0n) is 11.3. The van der Waals surface area contributed by atoms with Crippen molar-refractivity contribution >= 4 is 5.91 Å². The normalized spacial score (nSPS) is 23.9. The molecule has 3 N–H and O–H groups in total. The van der Waals surface area contributed by atoms with Crippen molar-refractivity contribution in [2.75, 3.05) is 6.54 Å². The van der Waals surface area contributed by atoms with Gasteiger partial charge in [-0.15, -0.1) is 0 Å². The Morgan fingerprint density at radius 1 is 1.29 bits per heavy atom. The maximum absolute atomic E-state index is 12.4. The zero-order chi connectivity index (χ0) is 12.6. The maximum atomic E-state index is 12.4. The highest BCUT2D eigenvalue weighted by molar-refractivity contribution is 5.80. The van der Waals surface area contributed by atoms with Gasteiger partial charge in [-0.1, -0.05) is 13.8 Å². The third kappa shape index (κ3) is 2.82. The Kier molecular flexibility index (Phi) is 3.48. The minimum atomic E-state index is -0.251. The number of hydrogen-bond donors (Lipinski definition) is 2. The van der Waals surface area contributed by atoms with Gasteiger partial charge in [0.05, 0.1) is 5.54 Å². The molecule has 3 heteroatoms. The van der Waals surface area contributed by atoms with Crippen molar-refractivity contribution in [1.82, 2.24) is 5.32 Å². The first-order chi connectivity index (χ1) is 7.98. The van der Waals surface area contributed by atoms with E-state index in [4.69, 9.17) is 5.73 Å². The number of nitrogens with two attached hydrogens (primary N) is 1. The first kappa shape index (κ1) is 12.9. The molecule has 3 nitrogen and oxygen atoms in total. The van der Waals surface area contributed by atoms with Gasteiger partial charge in [-0.3, -0.25) is 4.79 Å². The molecule has 0 aromatic rings. The van der Waals surface area contributed by atoms with Crippen molar-refractivity contribution in [3.05, 3.63) is 0 Å². The molecule has 0 aliphatic heterocycles. The summed E-state index contributed by atoms with van der Waals surface area (Å²) in [5.41, 5.74) is 5.57. The van der Waals surface area contributed by atoms with Gasteiger partial charge in [-0.2, -0.15) is 0 Å². The van der Waals surface area contributed by atoms with E-state index in [1.165, 1.54) is 25.7 Å². The van der Waals surface area contributed by atoms with E-state index in [9.17, 15) is 4.79 Å². The van der Waals surface area contributed by atoms with Crippen LogP contribution in [-0.2, 0) is 4.79 Å². The topological polar surface area (TPSA) is 55.1 Å². The number of hydrogen-bond acceptors (Lipinski definition) is 2. The quantitative estimate of drug-likeness (QED) is 0.742. The summed E-state index contributed by atoms with van der Waals surface area (Å²) in [6, 6.07) is 0. The highest BCUT2D eigenvalue weighted by Crippen LogP contribution is 2.49.